The highest BCUT2D eigenvalue weighted by Crippen LogP contribution is 2.44. The molecular weight excluding hydrogens is 488 g/mol. The molecule has 1 aliphatic heterocycles. The molecule has 0 bridgehead atoms. The molecular formula is C24H24N4O5S2. The van der Waals surface area contributed by atoms with Gasteiger partial charge in [0, 0.05) is 19.8 Å². The number of thiazole rings is 2. The third-order valence-electron chi connectivity index (χ3n) is 5.65. The van der Waals surface area contributed by atoms with E-state index in [1.807, 2.05) is 31.1 Å². The van der Waals surface area contributed by atoms with Gasteiger partial charge in [0.15, 0.2) is 10.9 Å². The summed E-state index contributed by atoms with van der Waals surface area (Å²) in [5.41, 5.74) is 2.41. The number of ether oxygens (including phenoxy) is 1. The molecule has 0 saturated carbocycles. The molecule has 1 unspecified atom stereocenters. The number of methoxy groups -OCH3 is 1. The van der Waals surface area contributed by atoms with Gasteiger partial charge >= 0.3 is 5.97 Å². The highest BCUT2D eigenvalue weighted by Gasteiger charge is 2.46. The molecule has 1 amide bonds. The van der Waals surface area contributed by atoms with Crippen LogP contribution in [0.4, 0.5) is 10.8 Å². The minimum absolute atomic E-state index is 0.0492. The van der Waals surface area contributed by atoms with Crippen LogP contribution >= 0.6 is 22.7 Å². The first-order chi connectivity index (χ1) is 16.5. The smallest absolute Gasteiger partial charge is 0.350 e. The average molecular weight is 513 g/mol. The first-order valence-electron chi connectivity index (χ1n) is 10.6. The summed E-state index contributed by atoms with van der Waals surface area (Å²) in [5.74, 6) is -2.45. The van der Waals surface area contributed by atoms with E-state index < -0.39 is 29.5 Å². The number of rotatable bonds is 6. The Balaban J connectivity index is 1.88. The molecule has 9 nitrogen and oxygen atoms in total. The van der Waals surface area contributed by atoms with Crippen molar-refractivity contribution in [2.75, 3.05) is 31.0 Å². The molecule has 3 aromatic rings. The fraction of sp³-hybridized carbons (Fsp3) is 0.292. The van der Waals surface area contributed by atoms with Gasteiger partial charge in [0.05, 0.1) is 40.0 Å². The number of aromatic nitrogens is 2. The summed E-state index contributed by atoms with van der Waals surface area (Å²) in [6.45, 7) is 5.14. The van der Waals surface area contributed by atoms with E-state index in [-0.39, 0.29) is 15.6 Å². The number of carbonyl (C=O) groups excluding carboxylic acids is 3. The van der Waals surface area contributed by atoms with Gasteiger partial charge in [-0.15, -0.1) is 11.3 Å². The molecule has 3 heterocycles. The molecule has 0 spiro atoms. The van der Waals surface area contributed by atoms with E-state index in [4.69, 9.17) is 4.74 Å². The summed E-state index contributed by atoms with van der Waals surface area (Å²) in [4.78, 5) is 51.7. The highest BCUT2D eigenvalue weighted by atomic mass is 32.1. The second-order valence-corrected chi connectivity index (χ2v) is 10.4. The molecule has 182 valence electrons. The van der Waals surface area contributed by atoms with E-state index in [0.29, 0.717) is 26.8 Å². The van der Waals surface area contributed by atoms with Crippen molar-refractivity contribution in [3.05, 3.63) is 67.3 Å². The Labute approximate surface area is 210 Å². The maximum atomic E-state index is 13.7. The highest BCUT2D eigenvalue weighted by molar-refractivity contribution is 7.17. The summed E-state index contributed by atoms with van der Waals surface area (Å²) < 4.78 is 4.82. The zero-order chi connectivity index (χ0) is 25.6. The van der Waals surface area contributed by atoms with E-state index in [9.17, 15) is 19.5 Å². The third kappa shape index (κ3) is 4.21. The number of nitrogens with zero attached hydrogens (tertiary/aromatic N) is 4. The van der Waals surface area contributed by atoms with Gasteiger partial charge in [-0.1, -0.05) is 23.5 Å². The molecule has 0 saturated heterocycles. The van der Waals surface area contributed by atoms with Crippen molar-refractivity contribution in [1.29, 1.82) is 0 Å². The first kappa shape index (κ1) is 24.6. The van der Waals surface area contributed by atoms with Crippen LogP contribution in [0.1, 0.15) is 47.3 Å². The Kier molecular flexibility index (Phi) is 6.48. The van der Waals surface area contributed by atoms with Gasteiger partial charge in [-0.3, -0.25) is 14.5 Å². The Morgan fingerprint density at radius 3 is 2.20 bits per heavy atom. The van der Waals surface area contributed by atoms with Crippen LogP contribution in [0.15, 0.2) is 35.6 Å². The van der Waals surface area contributed by atoms with Gasteiger partial charge in [0.1, 0.15) is 4.88 Å². The first-order valence-corrected chi connectivity index (χ1v) is 12.3. The number of hydrogen-bond donors (Lipinski definition) is 1. The van der Waals surface area contributed by atoms with Crippen LogP contribution in [0.2, 0.25) is 0 Å². The molecule has 0 radical (unpaired) electrons. The number of aryl methyl sites for hydroxylation is 3. The largest absolute Gasteiger partial charge is 0.503 e. The summed E-state index contributed by atoms with van der Waals surface area (Å²) in [6, 6.07) is 6.40. The molecule has 0 fully saturated rings. The van der Waals surface area contributed by atoms with Gasteiger partial charge in [0.2, 0.25) is 5.78 Å². The lowest BCUT2D eigenvalue weighted by Crippen LogP contribution is -2.31. The molecule has 35 heavy (non-hydrogen) atoms. The lowest BCUT2D eigenvalue weighted by atomic mass is 9.95. The molecule has 1 atom stereocenters. The maximum absolute atomic E-state index is 13.7. The summed E-state index contributed by atoms with van der Waals surface area (Å²) in [6.07, 6.45) is 0. The predicted octanol–water partition coefficient (Wildman–Crippen LogP) is 4.16. The van der Waals surface area contributed by atoms with Gasteiger partial charge in [0.25, 0.3) is 5.91 Å². The Morgan fingerprint density at radius 1 is 1.03 bits per heavy atom. The number of aliphatic hydroxyl groups is 1. The summed E-state index contributed by atoms with van der Waals surface area (Å²) in [5, 5.41) is 11.8. The number of aliphatic hydroxyl groups excluding tert-OH is 1. The van der Waals surface area contributed by atoms with Crippen LogP contribution < -0.4 is 9.80 Å². The minimum Gasteiger partial charge on any atom is -0.503 e. The van der Waals surface area contributed by atoms with Crippen molar-refractivity contribution in [2.45, 2.75) is 26.8 Å². The lowest BCUT2D eigenvalue weighted by Gasteiger charge is -2.25. The number of amides is 1. The number of anilines is 2. The monoisotopic (exact) mass is 512 g/mol. The molecule has 0 aliphatic carbocycles. The SMILES string of the molecule is COC(=O)c1sc(N2C(=O)C(O)=C(C(=O)c3sc(C)nc3C)C2c2ccc(N(C)C)cc2)nc1C. The molecule has 4 rings (SSSR count). The predicted molar refractivity (Wildman–Crippen MR) is 135 cm³/mol. The number of Topliss-reactive ketones (excluding diaryl/α,β-unsaturated/α-hetero) is 1. The van der Waals surface area contributed by atoms with Gasteiger partial charge < -0.3 is 14.7 Å². The van der Waals surface area contributed by atoms with E-state index in [0.717, 1.165) is 17.0 Å². The molecule has 2 aromatic heterocycles. The van der Waals surface area contributed by atoms with E-state index in [2.05, 4.69) is 9.97 Å². The summed E-state index contributed by atoms with van der Waals surface area (Å²) >= 11 is 2.18. The van der Waals surface area contributed by atoms with Crippen LogP contribution in [0, 0.1) is 20.8 Å². The third-order valence-corrected chi connectivity index (χ3v) is 7.86. The van der Waals surface area contributed by atoms with E-state index in [1.54, 1.807) is 32.9 Å². The molecule has 11 heteroatoms. The van der Waals surface area contributed by atoms with Crippen LogP contribution in [-0.2, 0) is 9.53 Å². The molecule has 1 aliphatic rings. The number of ketones is 1. The van der Waals surface area contributed by atoms with Crippen LogP contribution in [0.3, 0.4) is 0 Å². The topological polar surface area (TPSA) is 113 Å². The average Bonchev–Trinajstić information content (AvgIpc) is 3.45. The Morgan fingerprint density at radius 2 is 1.66 bits per heavy atom. The van der Waals surface area contributed by atoms with Crippen molar-refractivity contribution < 1.29 is 24.2 Å². The number of hydrogen-bond acceptors (Lipinski definition) is 10. The quantitative estimate of drug-likeness (QED) is 0.387. The fourth-order valence-corrected chi connectivity index (χ4v) is 5.82. The van der Waals surface area contributed by atoms with Crippen molar-refractivity contribution >= 4 is 51.2 Å². The van der Waals surface area contributed by atoms with Crippen molar-refractivity contribution in [2.24, 2.45) is 0 Å². The number of benzene rings is 1. The molecule has 1 aromatic carbocycles. The standard InChI is InChI=1S/C24H24N4O5S2/c1-11-20(34-13(3)25-11)18(29)16-17(14-7-9-15(10-8-14)27(4)5)28(22(31)19(16)30)24-26-12(2)21(35-24)23(32)33-6/h7-10,17,30H,1-6H3. The van der Waals surface area contributed by atoms with Crippen LogP contribution in [0.5, 0.6) is 0 Å². The van der Waals surface area contributed by atoms with Crippen LogP contribution in [0.25, 0.3) is 0 Å². The van der Waals surface area contributed by atoms with E-state index >= 15 is 0 Å². The zero-order valence-electron chi connectivity index (χ0n) is 20.1. The second-order valence-electron chi connectivity index (χ2n) is 8.21. The number of esters is 1. The minimum atomic E-state index is -0.941. The fourth-order valence-electron chi connectivity index (χ4n) is 3.94. The zero-order valence-corrected chi connectivity index (χ0v) is 21.7. The maximum Gasteiger partial charge on any atom is 0.350 e. The Hall–Kier alpha value is -3.57. The normalized spacial score (nSPS) is 15.7. The van der Waals surface area contributed by atoms with Gasteiger partial charge in [-0.25, -0.2) is 14.8 Å². The van der Waals surface area contributed by atoms with Crippen molar-refractivity contribution in [3.63, 3.8) is 0 Å². The summed E-state index contributed by atoms with van der Waals surface area (Å²) in [7, 11) is 5.08. The molecule has 1 N–H and O–H groups in total. The van der Waals surface area contributed by atoms with Gasteiger partial charge in [-0.2, -0.15) is 0 Å². The van der Waals surface area contributed by atoms with Crippen LogP contribution in [-0.4, -0.2) is 53.9 Å². The Bertz CT molecular complexity index is 1370. The van der Waals surface area contributed by atoms with Crippen molar-refractivity contribution in [3.8, 4) is 0 Å². The second kappa shape index (κ2) is 9.23. The van der Waals surface area contributed by atoms with E-state index in [1.165, 1.54) is 23.3 Å². The number of carbonyl (C=O) groups is 3. The van der Waals surface area contributed by atoms with Crippen molar-refractivity contribution in [1.82, 2.24) is 9.97 Å². The lowest BCUT2D eigenvalue weighted by molar-refractivity contribution is -0.117. The van der Waals surface area contributed by atoms with Gasteiger partial charge in [-0.05, 0) is 38.5 Å².